The minimum Gasteiger partial charge on any atom is -0.399 e. The molecule has 0 saturated carbocycles. The van der Waals surface area contributed by atoms with E-state index >= 15 is 0 Å². The zero-order valence-corrected chi connectivity index (χ0v) is 7.73. The molecule has 0 bridgehead atoms. The summed E-state index contributed by atoms with van der Waals surface area (Å²) in [7, 11) is 0. The number of carbonyl (C=O) groups is 1. The van der Waals surface area contributed by atoms with Crippen LogP contribution in [0, 0.1) is 0 Å². The first-order valence-corrected chi connectivity index (χ1v) is 4.56. The molecule has 14 heavy (non-hydrogen) atoms. The molecular weight excluding hydrogens is 178 g/mol. The lowest BCUT2D eigenvalue weighted by atomic mass is 9.94. The first-order valence-electron chi connectivity index (χ1n) is 4.56. The second kappa shape index (κ2) is 3.31. The maximum absolute atomic E-state index is 10.7. The summed E-state index contributed by atoms with van der Waals surface area (Å²) in [6.07, 6.45) is 1.56. The number of hydrogen-bond donors (Lipinski definition) is 3. The van der Waals surface area contributed by atoms with Crippen molar-refractivity contribution >= 4 is 17.7 Å². The van der Waals surface area contributed by atoms with Crippen molar-refractivity contribution in [3.8, 4) is 0 Å². The highest BCUT2D eigenvalue weighted by Crippen LogP contribution is 2.25. The number of rotatable bonds is 1. The Morgan fingerprint density at radius 3 is 3.00 bits per heavy atom. The van der Waals surface area contributed by atoms with Gasteiger partial charge in [0.2, 0.25) is 0 Å². The summed E-state index contributed by atoms with van der Waals surface area (Å²) in [5, 5.41) is 3.06. The second-order valence-corrected chi connectivity index (χ2v) is 3.59. The predicted octanol–water partition coefficient (Wildman–Crippen LogP) is 0.132. The first-order chi connectivity index (χ1) is 6.70. The van der Waals surface area contributed by atoms with Crippen molar-refractivity contribution in [3.63, 3.8) is 0 Å². The van der Waals surface area contributed by atoms with E-state index in [0.29, 0.717) is 12.1 Å². The van der Waals surface area contributed by atoms with Gasteiger partial charge < -0.3 is 21.6 Å². The minimum absolute atomic E-state index is 0.149. The van der Waals surface area contributed by atoms with Gasteiger partial charge in [0.1, 0.15) is 6.29 Å². The van der Waals surface area contributed by atoms with Crippen LogP contribution < -0.4 is 16.8 Å². The number of hydrogen-bond acceptors (Lipinski definition) is 4. The predicted molar refractivity (Wildman–Crippen MR) is 56.0 cm³/mol. The summed E-state index contributed by atoms with van der Waals surface area (Å²) in [4.78, 5) is 10.7. The summed E-state index contributed by atoms with van der Waals surface area (Å²) >= 11 is 0. The van der Waals surface area contributed by atoms with Crippen LogP contribution in [0.15, 0.2) is 18.2 Å². The van der Waals surface area contributed by atoms with Gasteiger partial charge in [0.25, 0.3) is 0 Å². The van der Waals surface area contributed by atoms with Crippen LogP contribution >= 0.6 is 0 Å². The molecule has 0 saturated heterocycles. The average Bonchev–Trinajstić information content (AvgIpc) is 2.17. The van der Waals surface area contributed by atoms with Crippen molar-refractivity contribution in [2.75, 3.05) is 11.1 Å². The molecule has 2 unspecified atom stereocenters. The Balaban J connectivity index is 2.35. The van der Waals surface area contributed by atoms with Crippen LogP contribution in [-0.4, -0.2) is 18.4 Å². The van der Waals surface area contributed by atoms with Gasteiger partial charge in [-0.2, -0.15) is 0 Å². The Morgan fingerprint density at radius 2 is 2.29 bits per heavy atom. The number of fused-ring (bicyclic) bond motifs is 1. The highest BCUT2D eigenvalue weighted by atomic mass is 16.1. The van der Waals surface area contributed by atoms with Crippen LogP contribution in [0.2, 0.25) is 0 Å². The van der Waals surface area contributed by atoms with Gasteiger partial charge in [0, 0.05) is 17.4 Å². The fraction of sp³-hybridized carbons (Fsp3) is 0.300. The number of nitrogens with two attached hydrogens (primary N) is 2. The quantitative estimate of drug-likeness (QED) is 0.435. The van der Waals surface area contributed by atoms with Gasteiger partial charge in [-0.3, -0.25) is 0 Å². The molecule has 0 spiro atoms. The summed E-state index contributed by atoms with van der Waals surface area (Å²) in [6, 6.07) is 5.16. The van der Waals surface area contributed by atoms with E-state index in [9.17, 15) is 4.79 Å². The number of nitrogens with one attached hydrogen (secondary N) is 1. The van der Waals surface area contributed by atoms with Crippen molar-refractivity contribution < 1.29 is 4.79 Å². The molecule has 0 aliphatic carbocycles. The molecule has 2 atom stereocenters. The summed E-state index contributed by atoms with van der Waals surface area (Å²) in [5.74, 6) is 0. The fourth-order valence-corrected chi connectivity index (χ4v) is 1.71. The van der Waals surface area contributed by atoms with E-state index in [0.717, 1.165) is 17.5 Å². The zero-order chi connectivity index (χ0) is 10.1. The first kappa shape index (κ1) is 9.02. The average molecular weight is 191 g/mol. The van der Waals surface area contributed by atoms with E-state index < -0.39 is 0 Å². The van der Waals surface area contributed by atoms with Gasteiger partial charge in [-0.25, -0.2) is 0 Å². The van der Waals surface area contributed by atoms with Crippen molar-refractivity contribution in [2.45, 2.75) is 18.5 Å². The standard InChI is InChI=1S/C10H13N3O/c11-7-2-1-6-3-8(12)10(5-14)13-9(6)4-7/h1-2,4-5,8,10,13H,3,11-12H2. The molecule has 2 rings (SSSR count). The highest BCUT2D eigenvalue weighted by Gasteiger charge is 2.24. The van der Waals surface area contributed by atoms with Gasteiger partial charge in [-0.1, -0.05) is 6.07 Å². The van der Waals surface area contributed by atoms with Crippen LogP contribution in [0.1, 0.15) is 5.56 Å². The fourth-order valence-electron chi connectivity index (χ4n) is 1.71. The maximum Gasteiger partial charge on any atom is 0.143 e. The van der Waals surface area contributed by atoms with Crippen LogP contribution in [-0.2, 0) is 11.2 Å². The van der Waals surface area contributed by atoms with Crippen molar-refractivity contribution in [2.24, 2.45) is 5.73 Å². The van der Waals surface area contributed by atoms with Crippen molar-refractivity contribution in [3.05, 3.63) is 23.8 Å². The van der Waals surface area contributed by atoms with Crippen LogP contribution in [0.3, 0.4) is 0 Å². The van der Waals surface area contributed by atoms with E-state index in [-0.39, 0.29) is 12.1 Å². The molecule has 4 heteroatoms. The Bertz CT molecular complexity index is 364. The molecular formula is C10H13N3O. The third kappa shape index (κ3) is 1.44. The van der Waals surface area contributed by atoms with Crippen LogP contribution in [0.25, 0.3) is 0 Å². The highest BCUT2D eigenvalue weighted by molar-refractivity contribution is 5.71. The number of benzene rings is 1. The monoisotopic (exact) mass is 191 g/mol. The van der Waals surface area contributed by atoms with E-state index in [4.69, 9.17) is 11.5 Å². The molecule has 0 fully saturated rings. The van der Waals surface area contributed by atoms with Gasteiger partial charge in [0.15, 0.2) is 0 Å². The smallest absolute Gasteiger partial charge is 0.143 e. The van der Waals surface area contributed by atoms with E-state index in [2.05, 4.69) is 5.32 Å². The van der Waals surface area contributed by atoms with Gasteiger partial charge >= 0.3 is 0 Å². The molecule has 5 N–H and O–H groups in total. The van der Waals surface area contributed by atoms with E-state index in [1.807, 2.05) is 18.2 Å². The minimum atomic E-state index is -0.302. The molecule has 1 aromatic carbocycles. The van der Waals surface area contributed by atoms with Gasteiger partial charge in [-0.15, -0.1) is 0 Å². The lowest BCUT2D eigenvalue weighted by Gasteiger charge is -2.28. The van der Waals surface area contributed by atoms with Crippen LogP contribution in [0.4, 0.5) is 11.4 Å². The van der Waals surface area contributed by atoms with E-state index in [1.54, 1.807) is 0 Å². The van der Waals surface area contributed by atoms with Crippen LogP contribution in [0.5, 0.6) is 0 Å². The Labute approximate surface area is 82.3 Å². The second-order valence-electron chi connectivity index (χ2n) is 3.59. The summed E-state index contributed by atoms with van der Waals surface area (Å²) in [6.45, 7) is 0. The van der Waals surface area contributed by atoms with Gasteiger partial charge in [0.05, 0.1) is 6.04 Å². The molecule has 0 aromatic heterocycles. The number of nitrogen functional groups attached to an aromatic ring is 1. The van der Waals surface area contributed by atoms with E-state index in [1.165, 1.54) is 0 Å². The Morgan fingerprint density at radius 1 is 1.50 bits per heavy atom. The molecule has 74 valence electrons. The third-order valence-corrected chi connectivity index (χ3v) is 2.52. The number of carbonyl (C=O) groups excluding carboxylic acids is 1. The largest absolute Gasteiger partial charge is 0.399 e. The lowest BCUT2D eigenvalue weighted by molar-refractivity contribution is -0.108. The molecule has 1 aliphatic rings. The number of anilines is 2. The molecule has 1 aliphatic heterocycles. The molecule has 0 radical (unpaired) electrons. The number of aldehydes is 1. The van der Waals surface area contributed by atoms with Crippen molar-refractivity contribution in [1.29, 1.82) is 0 Å². The molecule has 4 nitrogen and oxygen atoms in total. The van der Waals surface area contributed by atoms with Crippen molar-refractivity contribution in [1.82, 2.24) is 0 Å². The SMILES string of the molecule is Nc1ccc2c(c1)NC(C=O)C(N)C2. The Hall–Kier alpha value is -1.55. The molecule has 1 heterocycles. The summed E-state index contributed by atoms with van der Waals surface area (Å²) in [5.41, 5.74) is 14.2. The summed E-state index contributed by atoms with van der Waals surface area (Å²) < 4.78 is 0. The maximum atomic E-state index is 10.7. The topological polar surface area (TPSA) is 81.1 Å². The molecule has 1 aromatic rings. The molecule has 0 amide bonds. The third-order valence-electron chi connectivity index (χ3n) is 2.52. The zero-order valence-electron chi connectivity index (χ0n) is 7.73. The normalized spacial score (nSPS) is 24.9. The lowest BCUT2D eigenvalue weighted by Crippen LogP contribution is -2.46. The Kier molecular flexibility index (Phi) is 2.13. The van der Waals surface area contributed by atoms with Gasteiger partial charge in [-0.05, 0) is 24.1 Å².